The van der Waals surface area contributed by atoms with Crippen molar-refractivity contribution in [3.63, 3.8) is 0 Å². The van der Waals surface area contributed by atoms with E-state index in [1.54, 1.807) is 0 Å². The highest BCUT2D eigenvalue weighted by molar-refractivity contribution is 8.14. The quantitative estimate of drug-likeness (QED) is 0.483. The summed E-state index contributed by atoms with van der Waals surface area (Å²) in [6.07, 6.45) is 0. The van der Waals surface area contributed by atoms with Crippen molar-refractivity contribution in [1.29, 1.82) is 0 Å². The van der Waals surface area contributed by atoms with E-state index in [-0.39, 0.29) is 0 Å². The zero-order chi connectivity index (χ0) is 7.71. The number of nitrogens with zero attached hydrogens (tertiary/aromatic N) is 1. The molecule has 0 saturated carbocycles. The maximum Gasteiger partial charge on any atom is 0.487 e. The summed E-state index contributed by atoms with van der Waals surface area (Å²) < 4.78 is 53.6. The van der Waals surface area contributed by atoms with Gasteiger partial charge in [0.15, 0.2) is 0 Å². The molecule has 3 nitrogen and oxygen atoms in total. The van der Waals surface area contributed by atoms with Gasteiger partial charge in [-0.15, -0.1) is 12.6 Å². The van der Waals surface area contributed by atoms with Crippen LogP contribution in [0.15, 0.2) is 4.15 Å². The second-order valence-corrected chi connectivity index (χ2v) is 4.40. The number of halogens is 4. The van der Waals surface area contributed by atoms with Gasteiger partial charge in [0.1, 0.15) is 0 Å². The Morgan fingerprint density at radius 3 is 1.67 bits per heavy atom. The van der Waals surface area contributed by atoms with Crippen LogP contribution in [0.25, 0.3) is 0 Å². The average Bonchev–Trinajstić information content (AvgIpc) is 1.14. The van der Waals surface area contributed by atoms with Crippen molar-refractivity contribution in [2.45, 2.75) is 0 Å². The third kappa shape index (κ3) is 8.26. The van der Waals surface area contributed by atoms with Gasteiger partial charge in [-0.05, 0) is 0 Å². The summed E-state index contributed by atoms with van der Waals surface area (Å²) in [4.78, 5) is 0. The molecule has 0 aromatic carbocycles. The first-order chi connectivity index (χ1) is 3.71. The fourth-order valence-electron chi connectivity index (χ4n) is 0.111. The minimum atomic E-state index is -6.13. The first-order valence-electron chi connectivity index (χ1n) is 1.38. The van der Waals surface area contributed by atoms with Gasteiger partial charge in [0.05, 0.1) is 0 Å². The molecule has 0 aliphatic rings. The molecular weight excluding hydrogens is 201 g/mol. The standard InChI is InChI=1S/ClF3NO2PS/c1-9(6,7)5-8(2,3)4. The Balaban J connectivity index is 4.76. The van der Waals surface area contributed by atoms with Crippen molar-refractivity contribution in [3.8, 4) is 0 Å². The van der Waals surface area contributed by atoms with Crippen LogP contribution in [0.3, 0.4) is 0 Å². The van der Waals surface area contributed by atoms with Crippen molar-refractivity contribution in [1.82, 2.24) is 0 Å². The maximum atomic E-state index is 11.0. The zero-order valence-electron chi connectivity index (χ0n) is 3.63. The molecule has 0 bridgehead atoms. The van der Waals surface area contributed by atoms with Crippen molar-refractivity contribution in [2.24, 2.45) is 4.15 Å². The van der Waals surface area contributed by atoms with Crippen molar-refractivity contribution >= 4 is 27.9 Å². The molecule has 0 spiro atoms. The van der Waals surface area contributed by atoms with E-state index < -0.39 is 17.2 Å². The summed E-state index contributed by atoms with van der Waals surface area (Å²) in [5.41, 5.74) is 0. The zero-order valence-corrected chi connectivity index (χ0v) is 6.10. The Morgan fingerprint density at radius 1 is 1.33 bits per heavy atom. The lowest BCUT2D eigenvalue weighted by molar-refractivity contribution is 0.596. The van der Waals surface area contributed by atoms with E-state index in [2.05, 4.69) is 10.7 Å². The summed E-state index contributed by atoms with van der Waals surface area (Å²) in [7, 11) is -6.76. The molecule has 0 fully saturated rings. The SMILES string of the molecule is O=S(=O)(Cl)N=P(F)(F)F. The number of hydrogen-bond donors (Lipinski definition) is 0. The topological polar surface area (TPSA) is 46.5 Å². The van der Waals surface area contributed by atoms with Gasteiger partial charge in [-0.2, -0.15) is 8.42 Å². The van der Waals surface area contributed by atoms with Crippen molar-refractivity contribution in [3.05, 3.63) is 0 Å². The molecule has 56 valence electrons. The molecule has 0 radical (unpaired) electrons. The average molecular weight is 201 g/mol. The van der Waals surface area contributed by atoms with Crippen LogP contribution in [-0.4, -0.2) is 8.42 Å². The normalized spacial score (nSPS) is 13.3. The van der Waals surface area contributed by atoms with Gasteiger partial charge in [0.2, 0.25) is 0 Å². The van der Waals surface area contributed by atoms with Crippen molar-refractivity contribution in [2.75, 3.05) is 0 Å². The van der Waals surface area contributed by atoms with Crippen LogP contribution in [0.2, 0.25) is 0 Å². The van der Waals surface area contributed by atoms with Gasteiger partial charge in [0.25, 0.3) is 0 Å². The third-order valence-corrected chi connectivity index (χ3v) is 2.27. The Labute approximate surface area is 53.8 Å². The molecule has 9 heavy (non-hydrogen) atoms. The van der Waals surface area contributed by atoms with Crippen molar-refractivity contribution < 1.29 is 21.0 Å². The smallest absolute Gasteiger partial charge is 0.187 e. The van der Waals surface area contributed by atoms with E-state index in [1.807, 2.05) is 0 Å². The minimum Gasteiger partial charge on any atom is -0.187 e. The summed E-state index contributed by atoms with van der Waals surface area (Å²) >= 11 is 0. The van der Waals surface area contributed by atoms with Crippen LogP contribution >= 0.6 is 18.7 Å². The van der Waals surface area contributed by atoms with Gasteiger partial charge >= 0.3 is 17.2 Å². The summed E-state index contributed by atoms with van der Waals surface area (Å²) in [5.74, 6) is 0. The molecule has 0 rings (SSSR count). The Hall–Kier alpha value is 0.260. The first-order valence-corrected chi connectivity index (χ1v) is 5.06. The molecule has 0 saturated heterocycles. The van der Waals surface area contributed by atoms with Gasteiger partial charge < -0.3 is 0 Å². The molecule has 0 aromatic rings. The first kappa shape index (κ1) is 9.26. The van der Waals surface area contributed by atoms with Crippen LogP contribution in [0.4, 0.5) is 12.6 Å². The minimum absolute atomic E-state index is 1.39. The van der Waals surface area contributed by atoms with E-state index in [0.29, 0.717) is 0 Å². The fourth-order valence-corrected chi connectivity index (χ4v) is 1.63. The van der Waals surface area contributed by atoms with Crippen LogP contribution in [-0.2, 0) is 9.24 Å². The molecule has 0 amide bonds. The second kappa shape index (κ2) is 2.48. The molecule has 0 heterocycles. The highest BCUT2D eigenvalue weighted by Gasteiger charge is 2.19. The molecule has 0 aliphatic heterocycles. The summed E-state index contributed by atoms with van der Waals surface area (Å²) in [6, 6.07) is 0. The van der Waals surface area contributed by atoms with E-state index in [9.17, 15) is 21.0 Å². The second-order valence-electron chi connectivity index (χ2n) is 0.912. The predicted octanol–water partition coefficient (Wildman–Crippen LogP) is 2.32. The largest absolute Gasteiger partial charge is 0.487 e. The molecule has 0 unspecified atom stereocenters. The lowest BCUT2D eigenvalue weighted by atomic mass is 13.9. The fraction of sp³-hybridized carbons (Fsp3) is 0. The third-order valence-electron chi connectivity index (χ3n) is 0.190. The summed E-state index contributed by atoms with van der Waals surface area (Å²) in [5, 5.41) is 0. The van der Waals surface area contributed by atoms with E-state index >= 15 is 0 Å². The molecule has 0 N–H and O–H groups in total. The Kier molecular flexibility index (Phi) is 2.55. The highest BCUT2D eigenvalue weighted by atomic mass is 35.7. The lowest BCUT2D eigenvalue weighted by Gasteiger charge is -1.85. The molecule has 0 aliphatic carbocycles. The Morgan fingerprint density at radius 2 is 1.67 bits per heavy atom. The van der Waals surface area contributed by atoms with E-state index in [4.69, 9.17) is 0 Å². The molecule has 9 heteroatoms. The lowest BCUT2D eigenvalue weighted by Crippen LogP contribution is -1.76. The monoisotopic (exact) mass is 201 g/mol. The van der Waals surface area contributed by atoms with Gasteiger partial charge in [-0.1, -0.05) is 4.15 Å². The van der Waals surface area contributed by atoms with Crippen LogP contribution < -0.4 is 0 Å². The number of rotatable bonds is 1. The molecule has 0 aromatic heterocycles. The van der Waals surface area contributed by atoms with Crippen LogP contribution in [0.5, 0.6) is 0 Å². The van der Waals surface area contributed by atoms with E-state index in [1.165, 1.54) is 4.15 Å². The van der Waals surface area contributed by atoms with E-state index in [0.717, 1.165) is 0 Å². The van der Waals surface area contributed by atoms with Gasteiger partial charge in [0, 0.05) is 10.7 Å². The summed E-state index contributed by atoms with van der Waals surface area (Å²) in [6.45, 7) is 0. The van der Waals surface area contributed by atoms with Gasteiger partial charge in [-0.25, -0.2) is 0 Å². The van der Waals surface area contributed by atoms with Gasteiger partial charge in [-0.3, -0.25) is 0 Å². The molecule has 0 atom stereocenters. The van der Waals surface area contributed by atoms with Crippen LogP contribution in [0, 0.1) is 0 Å². The Bertz CT molecular complexity index is 230. The predicted molar refractivity (Wildman–Crippen MR) is 27.4 cm³/mol. The molecular formula is ClF3NO2PS. The highest BCUT2D eigenvalue weighted by Crippen LogP contribution is 2.55. The maximum absolute atomic E-state index is 11.0. The van der Waals surface area contributed by atoms with Crippen LogP contribution in [0.1, 0.15) is 0 Å². The number of hydrogen-bond acceptors (Lipinski definition) is 2.